The highest BCUT2D eigenvalue weighted by Crippen LogP contribution is 2.18. The van der Waals surface area contributed by atoms with E-state index in [1.807, 2.05) is 0 Å². The SMILES string of the molecule is O=C(NCCc1ccc(F)cc1)c1ccnc(C(=O)NC2CCCC2)c1. The van der Waals surface area contributed by atoms with Crippen molar-refractivity contribution in [1.82, 2.24) is 15.6 Å². The molecule has 1 aromatic heterocycles. The second-order valence-corrected chi connectivity index (χ2v) is 6.52. The summed E-state index contributed by atoms with van der Waals surface area (Å²) >= 11 is 0. The second-order valence-electron chi connectivity index (χ2n) is 6.52. The molecule has 0 saturated heterocycles. The first-order valence-corrected chi connectivity index (χ1v) is 8.91. The highest BCUT2D eigenvalue weighted by Gasteiger charge is 2.19. The number of benzene rings is 1. The molecule has 1 heterocycles. The minimum Gasteiger partial charge on any atom is -0.352 e. The lowest BCUT2D eigenvalue weighted by atomic mass is 10.1. The number of hydrogen-bond acceptors (Lipinski definition) is 3. The van der Waals surface area contributed by atoms with Gasteiger partial charge in [-0.3, -0.25) is 14.6 Å². The molecule has 26 heavy (non-hydrogen) atoms. The van der Waals surface area contributed by atoms with Crippen molar-refractivity contribution in [1.29, 1.82) is 0 Å². The van der Waals surface area contributed by atoms with Gasteiger partial charge >= 0.3 is 0 Å². The Morgan fingerprint density at radius 1 is 1.08 bits per heavy atom. The summed E-state index contributed by atoms with van der Waals surface area (Å²) in [5.74, 6) is -0.778. The van der Waals surface area contributed by atoms with Crippen molar-refractivity contribution >= 4 is 11.8 Å². The van der Waals surface area contributed by atoms with E-state index in [0.717, 1.165) is 31.2 Å². The van der Waals surface area contributed by atoms with Crippen LogP contribution in [-0.2, 0) is 6.42 Å². The first-order chi connectivity index (χ1) is 12.6. The van der Waals surface area contributed by atoms with Gasteiger partial charge in [-0.2, -0.15) is 0 Å². The van der Waals surface area contributed by atoms with Gasteiger partial charge < -0.3 is 10.6 Å². The topological polar surface area (TPSA) is 71.1 Å². The molecule has 6 heteroatoms. The third-order valence-electron chi connectivity index (χ3n) is 4.56. The molecule has 136 valence electrons. The molecule has 1 aromatic carbocycles. The van der Waals surface area contributed by atoms with Gasteiger partial charge in [0.05, 0.1) is 0 Å². The van der Waals surface area contributed by atoms with E-state index in [-0.39, 0.29) is 29.4 Å². The maximum atomic E-state index is 12.9. The van der Waals surface area contributed by atoms with Crippen LogP contribution in [0.3, 0.4) is 0 Å². The Hall–Kier alpha value is -2.76. The highest BCUT2D eigenvalue weighted by atomic mass is 19.1. The number of aromatic nitrogens is 1. The smallest absolute Gasteiger partial charge is 0.270 e. The van der Waals surface area contributed by atoms with Crippen molar-refractivity contribution in [2.45, 2.75) is 38.1 Å². The average molecular weight is 355 g/mol. The quantitative estimate of drug-likeness (QED) is 0.837. The summed E-state index contributed by atoms with van der Waals surface area (Å²) in [6.45, 7) is 0.427. The van der Waals surface area contributed by atoms with Crippen LogP contribution in [0.15, 0.2) is 42.6 Å². The van der Waals surface area contributed by atoms with Gasteiger partial charge in [0.2, 0.25) is 0 Å². The summed E-state index contributed by atoms with van der Waals surface area (Å²) in [5, 5.41) is 5.78. The lowest BCUT2D eigenvalue weighted by Crippen LogP contribution is -2.33. The Morgan fingerprint density at radius 2 is 1.81 bits per heavy atom. The Kier molecular flexibility index (Phi) is 5.94. The number of nitrogens with one attached hydrogen (secondary N) is 2. The summed E-state index contributed by atoms with van der Waals surface area (Å²) in [5.41, 5.74) is 1.59. The van der Waals surface area contributed by atoms with E-state index < -0.39 is 0 Å². The second kappa shape index (κ2) is 8.56. The number of halogens is 1. The number of amides is 2. The highest BCUT2D eigenvalue weighted by molar-refractivity contribution is 5.98. The number of hydrogen-bond donors (Lipinski definition) is 2. The summed E-state index contributed by atoms with van der Waals surface area (Å²) in [7, 11) is 0. The summed E-state index contributed by atoms with van der Waals surface area (Å²) < 4.78 is 12.9. The normalized spacial score (nSPS) is 14.2. The van der Waals surface area contributed by atoms with Crippen LogP contribution in [0.4, 0.5) is 4.39 Å². The van der Waals surface area contributed by atoms with E-state index in [1.54, 1.807) is 18.2 Å². The Balaban J connectivity index is 1.53. The van der Waals surface area contributed by atoms with Gasteiger partial charge in [-0.1, -0.05) is 25.0 Å². The Morgan fingerprint density at radius 3 is 2.54 bits per heavy atom. The number of rotatable bonds is 6. The van der Waals surface area contributed by atoms with E-state index in [2.05, 4.69) is 15.6 Å². The zero-order valence-corrected chi connectivity index (χ0v) is 14.5. The molecule has 2 N–H and O–H groups in total. The molecule has 1 fully saturated rings. The molecule has 0 radical (unpaired) electrons. The molecule has 1 aliphatic carbocycles. The monoisotopic (exact) mass is 355 g/mol. The standard InChI is InChI=1S/C20H22FN3O2/c21-16-7-5-14(6-8-16)9-11-23-19(25)15-10-12-22-18(13-15)20(26)24-17-3-1-2-4-17/h5-8,10,12-13,17H,1-4,9,11H2,(H,23,25)(H,24,26). The number of pyridine rings is 1. The van der Waals surface area contributed by atoms with Gasteiger partial charge in [0, 0.05) is 24.3 Å². The van der Waals surface area contributed by atoms with Crippen LogP contribution in [0.5, 0.6) is 0 Å². The fourth-order valence-electron chi connectivity index (χ4n) is 3.10. The maximum absolute atomic E-state index is 12.9. The Bertz CT molecular complexity index is 771. The third kappa shape index (κ3) is 4.88. The molecule has 0 unspecified atom stereocenters. The van der Waals surface area contributed by atoms with Crippen LogP contribution < -0.4 is 10.6 Å². The van der Waals surface area contributed by atoms with Crippen LogP contribution in [-0.4, -0.2) is 29.4 Å². The maximum Gasteiger partial charge on any atom is 0.270 e. The van der Waals surface area contributed by atoms with Crippen LogP contribution in [0, 0.1) is 5.82 Å². The summed E-state index contributed by atoms with van der Waals surface area (Å²) in [6.07, 6.45) is 6.33. The van der Waals surface area contributed by atoms with Gasteiger partial charge in [-0.25, -0.2) is 4.39 Å². The molecule has 5 nitrogen and oxygen atoms in total. The lowest BCUT2D eigenvalue weighted by Gasteiger charge is -2.12. The fourth-order valence-corrected chi connectivity index (χ4v) is 3.10. The third-order valence-corrected chi connectivity index (χ3v) is 4.56. The molecule has 3 rings (SSSR count). The van der Waals surface area contributed by atoms with Gasteiger partial charge in [-0.15, -0.1) is 0 Å². The molecule has 0 spiro atoms. The molecule has 2 amide bonds. The number of carbonyl (C=O) groups is 2. The van der Waals surface area contributed by atoms with E-state index in [1.165, 1.54) is 24.4 Å². The first-order valence-electron chi connectivity index (χ1n) is 8.91. The summed E-state index contributed by atoms with van der Waals surface area (Å²) in [6, 6.07) is 9.48. The zero-order valence-electron chi connectivity index (χ0n) is 14.5. The van der Waals surface area contributed by atoms with Crippen LogP contribution in [0.2, 0.25) is 0 Å². The van der Waals surface area contributed by atoms with Gasteiger partial charge in [-0.05, 0) is 49.1 Å². The van der Waals surface area contributed by atoms with E-state index >= 15 is 0 Å². The minimum absolute atomic E-state index is 0.206. The van der Waals surface area contributed by atoms with E-state index in [4.69, 9.17) is 0 Å². The molecule has 2 aromatic rings. The largest absolute Gasteiger partial charge is 0.352 e. The van der Waals surface area contributed by atoms with Crippen molar-refractivity contribution < 1.29 is 14.0 Å². The van der Waals surface area contributed by atoms with Crippen LogP contribution in [0.25, 0.3) is 0 Å². The molecule has 0 atom stereocenters. The molecule has 1 saturated carbocycles. The molecular weight excluding hydrogens is 333 g/mol. The predicted molar refractivity (Wildman–Crippen MR) is 96.4 cm³/mol. The molecule has 0 bridgehead atoms. The van der Waals surface area contributed by atoms with Crippen molar-refractivity contribution in [2.24, 2.45) is 0 Å². The lowest BCUT2D eigenvalue weighted by molar-refractivity contribution is 0.0933. The van der Waals surface area contributed by atoms with Crippen molar-refractivity contribution in [3.8, 4) is 0 Å². The fraction of sp³-hybridized carbons (Fsp3) is 0.350. The van der Waals surface area contributed by atoms with Crippen molar-refractivity contribution in [2.75, 3.05) is 6.54 Å². The van der Waals surface area contributed by atoms with Crippen LogP contribution in [0.1, 0.15) is 52.1 Å². The van der Waals surface area contributed by atoms with Gasteiger partial charge in [0.25, 0.3) is 11.8 Å². The zero-order chi connectivity index (χ0) is 18.4. The van der Waals surface area contributed by atoms with Gasteiger partial charge in [0.15, 0.2) is 0 Å². The minimum atomic E-state index is -0.280. The first kappa shape index (κ1) is 18.0. The predicted octanol–water partition coefficient (Wildman–Crippen LogP) is 2.87. The summed E-state index contributed by atoms with van der Waals surface area (Å²) in [4.78, 5) is 28.6. The average Bonchev–Trinajstić information content (AvgIpc) is 3.16. The van der Waals surface area contributed by atoms with E-state index in [0.29, 0.717) is 18.5 Å². The van der Waals surface area contributed by atoms with Crippen molar-refractivity contribution in [3.63, 3.8) is 0 Å². The van der Waals surface area contributed by atoms with Gasteiger partial charge in [0.1, 0.15) is 11.5 Å². The Labute approximate surface area is 152 Å². The number of nitrogens with zero attached hydrogens (tertiary/aromatic N) is 1. The van der Waals surface area contributed by atoms with Crippen LogP contribution >= 0.6 is 0 Å². The molecule has 0 aliphatic heterocycles. The molecule has 1 aliphatic rings. The van der Waals surface area contributed by atoms with Crippen molar-refractivity contribution in [3.05, 3.63) is 65.2 Å². The van der Waals surface area contributed by atoms with E-state index in [9.17, 15) is 14.0 Å². The number of carbonyl (C=O) groups excluding carboxylic acids is 2. The molecular formula is C20H22FN3O2.